The molecule has 1 atom stereocenters. The van der Waals surface area contributed by atoms with Crippen molar-refractivity contribution < 1.29 is 13.9 Å². The van der Waals surface area contributed by atoms with Gasteiger partial charge in [-0.05, 0) is 23.8 Å². The van der Waals surface area contributed by atoms with Gasteiger partial charge in [0.15, 0.2) is 0 Å². The smallest absolute Gasteiger partial charge is 0.253 e. The van der Waals surface area contributed by atoms with Gasteiger partial charge in [-0.1, -0.05) is 15.9 Å². The van der Waals surface area contributed by atoms with Crippen LogP contribution in [0, 0.1) is 5.92 Å². The number of benzene rings is 1. The zero-order valence-corrected chi connectivity index (χ0v) is 10.1. The van der Waals surface area contributed by atoms with Crippen LogP contribution in [0.4, 0.5) is 14.5 Å². The molecule has 1 unspecified atom stereocenters. The Balaban J connectivity index is 1.96. The van der Waals surface area contributed by atoms with E-state index in [1.165, 1.54) is 0 Å². The fraction of sp³-hybridized carbons (Fsp3) is 0.455. The highest BCUT2D eigenvalue weighted by molar-refractivity contribution is 9.10. The third-order valence-electron chi connectivity index (χ3n) is 2.65. The van der Waals surface area contributed by atoms with Crippen molar-refractivity contribution in [3.05, 3.63) is 28.2 Å². The second-order valence-corrected chi connectivity index (χ2v) is 4.96. The van der Waals surface area contributed by atoms with Crippen molar-refractivity contribution in [2.45, 2.75) is 19.0 Å². The Bertz CT molecular complexity index is 398. The average Bonchev–Trinajstić information content (AvgIpc) is 2.83. The number of alkyl halides is 2. The molecule has 0 aliphatic heterocycles. The van der Waals surface area contributed by atoms with E-state index in [1.54, 1.807) is 18.2 Å². The maximum atomic E-state index is 12.6. The minimum absolute atomic E-state index is 0.0269. The number of aliphatic hydroxyl groups is 1. The van der Waals surface area contributed by atoms with E-state index in [0.717, 1.165) is 15.7 Å². The summed E-state index contributed by atoms with van der Waals surface area (Å²) < 4.78 is 26.1. The molecule has 1 aromatic carbocycles. The van der Waals surface area contributed by atoms with Crippen LogP contribution in [-0.2, 0) is 6.61 Å². The Kier molecular flexibility index (Phi) is 3.17. The summed E-state index contributed by atoms with van der Waals surface area (Å²) in [5.41, 5.74) is 1.50. The molecule has 2 rings (SSSR count). The maximum Gasteiger partial charge on any atom is 0.253 e. The van der Waals surface area contributed by atoms with E-state index >= 15 is 0 Å². The summed E-state index contributed by atoms with van der Waals surface area (Å²) in [6, 6.07) is 5.35. The molecule has 88 valence electrons. The molecule has 0 heterocycles. The van der Waals surface area contributed by atoms with Gasteiger partial charge >= 0.3 is 0 Å². The minimum Gasteiger partial charge on any atom is -0.392 e. The lowest BCUT2D eigenvalue weighted by molar-refractivity contribution is 0.101. The van der Waals surface area contributed by atoms with Crippen molar-refractivity contribution in [2.75, 3.05) is 11.9 Å². The van der Waals surface area contributed by atoms with E-state index in [2.05, 4.69) is 21.2 Å². The van der Waals surface area contributed by atoms with Gasteiger partial charge in [-0.2, -0.15) is 0 Å². The zero-order chi connectivity index (χ0) is 11.8. The first-order valence-electron chi connectivity index (χ1n) is 5.03. The van der Waals surface area contributed by atoms with Crippen LogP contribution in [0.3, 0.4) is 0 Å². The number of hydrogen-bond donors (Lipinski definition) is 2. The van der Waals surface area contributed by atoms with Gasteiger partial charge in [0.25, 0.3) is 5.92 Å². The van der Waals surface area contributed by atoms with Crippen molar-refractivity contribution in [1.29, 1.82) is 0 Å². The van der Waals surface area contributed by atoms with Crippen LogP contribution in [-0.4, -0.2) is 17.6 Å². The Morgan fingerprint density at radius 2 is 2.12 bits per heavy atom. The molecule has 0 radical (unpaired) electrons. The average molecular weight is 292 g/mol. The van der Waals surface area contributed by atoms with Crippen molar-refractivity contribution in [3.8, 4) is 0 Å². The number of anilines is 1. The second kappa shape index (κ2) is 4.30. The third kappa shape index (κ3) is 2.71. The highest BCUT2D eigenvalue weighted by Crippen LogP contribution is 2.48. The molecule has 0 bridgehead atoms. The van der Waals surface area contributed by atoms with Crippen molar-refractivity contribution >= 4 is 21.6 Å². The number of halogens is 3. The molecule has 0 spiro atoms. The number of hydrogen-bond acceptors (Lipinski definition) is 2. The molecule has 1 fully saturated rings. The molecule has 2 N–H and O–H groups in total. The van der Waals surface area contributed by atoms with E-state index in [1.807, 2.05) is 0 Å². The van der Waals surface area contributed by atoms with Gasteiger partial charge in [-0.15, -0.1) is 0 Å². The van der Waals surface area contributed by atoms with Crippen LogP contribution in [0.15, 0.2) is 22.7 Å². The molecule has 1 aliphatic carbocycles. The zero-order valence-electron chi connectivity index (χ0n) is 8.51. The molecule has 0 amide bonds. The molecule has 0 saturated heterocycles. The summed E-state index contributed by atoms with van der Waals surface area (Å²) in [5, 5.41) is 11.9. The molecule has 16 heavy (non-hydrogen) atoms. The second-order valence-electron chi connectivity index (χ2n) is 4.05. The Morgan fingerprint density at radius 1 is 1.44 bits per heavy atom. The summed E-state index contributed by atoms with van der Waals surface area (Å²) in [6.07, 6.45) is -0.0269. The molecular formula is C11H12BrF2NO. The summed E-state index contributed by atoms with van der Waals surface area (Å²) >= 11 is 3.30. The van der Waals surface area contributed by atoms with Crippen LogP contribution in [0.25, 0.3) is 0 Å². The molecule has 5 heteroatoms. The van der Waals surface area contributed by atoms with Gasteiger partial charge in [0.2, 0.25) is 0 Å². The van der Waals surface area contributed by atoms with Gasteiger partial charge in [0, 0.05) is 29.0 Å². The molecule has 2 nitrogen and oxygen atoms in total. The highest BCUT2D eigenvalue weighted by atomic mass is 79.9. The Morgan fingerprint density at radius 3 is 2.69 bits per heavy atom. The fourth-order valence-corrected chi connectivity index (χ4v) is 2.12. The summed E-state index contributed by atoms with van der Waals surface area (Å²) in [4.78, 5) is 0. The van der Waals surface area contributed by atoms with Gasteiger partial charge in [-0.25, -0.2) is 8.78 Å². The van der Waals surface area contributed by atoms with Crippen LogP contribution in [0.1, 0.15) is 12.0 Å². The lowest BCUT2D eigenvalue weighted by Gasteiger charge is -2.08. The van der Waals surface area contributed by atoms with Crippen molar-refractivity contribution in [2.24, 2.45) is 5.92 Å². The Labute approximate surface area is 101 Å². The topological polar surface area (TPSA) is 32.3 Å². The van der Waals surface area contributed by atoms with E-state index in [0.29, 0.717) is 0 Å². The molecule has 0 aromatic heterocycles. The minimum atomic E-state index is -2.49. The molecule has 1 aliphatic rings. The summed E-state index contributed by atoms with van der Waals surface area (Å²) in [6.45, 7) is 0.210. The van der Waals surface area contributed by atoms with E-state index in [9.17, 15) is 8.78 Å². The first-order valence-corrected chi connectivity index (χ1v) is 5.82. The monoisotopic (exact) mass is 291 g/mol. The lowest BCUT2D eigenvalue weighted by atomic mass is 10.2. The molecular weight excluding hydrogens is 280 g/mol. The molecule has 1 saturated carbocycles. The van der Waals surface area contributed by atoms with Crippen molar-refractivity contribution in [1.82, 2.24) is 0 Å². The van der Waals surface area contributed by atoms with Crippen molar-refractivity contribution in [3.63, 3.8) is 0 Å². The third-order valence-corrected chi connectivity index (χ3v) is 3.11. The number of nitrogens with one attached hydrogen (secondary N) is 1. The largest absolute Gasteiger partial charge is 0.392 e. The normalized spacial score (nSPS) is 21.9. The van der Waals surface area contributed by atoms with E-state index in [-0.39, 0.29) is 19.6 Å². The summed E-state index contributed by atoms with van der Waals surface area (Å²) in [5.74, 6) is -3.04. The highest BCUT2D eigenvalue weighted by Gasteiger charge is 2.56. The number of rotatable bonds is 4. The van der Waals surface area contributed by atoms with Gasteiger partial charge in [0.1, 0.15) is 0 Å². The van der Waals surface area contributed by atoms with Gasteiger partial charge in [0.05, 0.1) is 6.61 Å². The lowest BCUT2D eigenvalue weighted by Crippen LogP contribution is -2.08. The standard InChI is InChI=1S/C11H12BrF2NO/c12-9-1-7(6-16)2-10(3-9)15-5-8-4-11(8,13)14/h1-3,8,15-16H,4-6H2. The maximum absolute atomic E-state index is 12.6. The quantitative estimate of drug-likeness (QED) is 0.894. The van der Waals surface area contributed by atoms with Crippen LogP contribution < -0.4 is 5.32 Å². The van der Waals surface area contributed by atoms with Gasteiger partial charge in [-0.3, -0.25) is 0 Å². The Hall–Kier alpha value is -0.680. The van der Waals surface area contributed by atoms with E-state index < -0.39 is 11.8 Å². The van der Waals surface area contributed by atoms with Gasteiger partial charge < -0.3 is 10.4 Å². The fourth-order valence-electron chi connectivity index (χ4n) is 1.58. The summed E-state index contributed by atoms with van der Waals surface area (Å²) in [7, 11) is 0. The van der Waals surface area contributed by atoms with Crippen LogP contribution in [0.2, 0.25) is 0 Å². The first-order chi connectivity index (χ1) is 7.51. The van der Waals surface area contributed by atoms with Crippen LogP contribution in [0.5, 0.6) is 0 Å². The van der Waals surface area contributed by atoms with Crippen LogP contribution >= 0.6 is 15.9 Å². The first kappa shape index (κ1) is 11.8. The predicted molar refractivity (Wildman–Crippen MR) is 61.6 cm³/mol. The number of aliphatic hydroxyl groups excluding tert-OH is 1. The predicted octanol–water partition coefficient (Wildman–Crippen LogP) is 3.01. The molecule has 1 aromatic rings. The SMILES string of the molecule is OCc1cc(Br)cc(NCC2CC2(F)F)c1. The van der Waals surface area contributed by atoms with E-state index in [4.69, 9.17) is 5.11 Å².